The zero-order chi connectivity index (χ0) is 23.9. The molecule has 1 aliphatic heterocycles. The summed E-state index contributed by atoms with van der Waals surface area (Å²) in [5, 5.41) is 0. The van der Waals surface area contributed by atoms with Crippen molar-refractivity contribution < 1.29 is 4.79 Å². The molecule has 0 N–H and O–H groups in total. The molecule has 0 radical (unpaired) electrons. The van der Waals surface area contributed by atoms with E-state index in [9.17, 15) is 4.79 Å². The van der Waals surface area contributed by atoms with Gasteiger partial charge in [-0.1, -0.05) is 52.7 Å². The van der Waals surface area contributed by atoms with E-state index in [1.807, 2.05) is 6.08 Å². The molecule has 0 aliphatic carbocycles. The normalized spacial score (nSPS) is 19.2. The molecule has 32 heavy (non-hydrogen) atoms. The molecule has 3 nitrogen and oxygen atoms in total. The van der Waals surface area contributed by atoms with Crippen LogP contribution in [-0.4, -0.2) is 54.3 Å². The fourth-order valence-electron chi connectivity index (χ4n) is 4.08. The van der Waals surface area contributed by atoms with Gasteiger partial charge in [-0.3, -0.25) is 14.6 Å². The van der Waals surface area contributed by atoms with E-state index in [0.29, 0.717) is 0 Å². The Morgan fingerprint density at radius 1 is 0.781 bits per heavy atom. The van der Waals surface area contributed by atoms with Crippen LogP contribution in [0.5, 0.6) is 0 Å². The SMILES string of the molecule is C=CCN1CCN(CC=C(C)CCC=C(C)CCC=C(C)CCC=C(C)C)CC1C(C)=O. The molecule has 1 rings (SSSR count). The lowest BCUT2D eigenvalue weighted by atomic mass is 10.0. The third-order valence-corrected chi connectivity index (χ3v) is 6.26. The Morgan fingerprint density at radius 2 is 1.31 bits per heavy atom. The third-order valence-electron chi connectivity index (χ3n) is 6.26. The second-order valence-electron chi connectivity index (χ2n) is 9.72. The Bertz CT molecular complexity index is 707. The Morgan fingerprint density at radius 3 is 1.81 bits per heavy atom. The highest BCUT2D eigenvalue weighted by atomic mass is 16.1. The zero-order valence-corrected chi connectivity index (χ0v) is 21.8. The smallest absolute Gasteiger partial charge is 0.148 e. The molecule has 1 unspecified atom stereocenters. The number of Topliss-reactive ketones (excluding diaryl/α,β-unsaturated/α-hetero) is 1. The topological polar surface area (TPSA) is 23.6 Å². The average molecular weight is 441 g/mol. The highest BCUT2D eigenvalue weighted by Crippen LogP contribution is 2.15. The van der Waals surface area contributed by atoms with E-state index in [0.717, 1.165) is 64.8 Å². The molecule has 0 aromatic heterocycles. The maximum Gasteiger partial charge on any atom is 0.148 e. The maximum atomic E-state index is 12.0. The first-order chi connectivity index (χ1) is 15.2. The molecule has 0 bridgehead atoms. The van der Waals surface area contributed by atoms with E-state index in [1.165, 1.54) is 28.7 Å². The van der Waals surface area contributed by atoms with Crippen molar-refractivity contribution in [2.45, 2.75) is 86.1 Å². The summed E-state index contributed by atoms with van der Waals surface area (Å²) in [7, 11) is 0. The molecule has 1 saturated heterocycles. The molecule has 0 saturated carbocycles. The van der Waals surface area contributed by atoms with Crippen molar-refractivity contribution in [3.8, 4) is 0 Å². The van der Waals surface area contributed by atoms with Gasteiger partial charge >= 0.3 is 0 Å². The molecule has 0 amide bonds. The minimum atomic E-state index is 0.00551. The van der Waals surface area contributed by atoms with Crippen LogP contribution in [0.15, 0.2) is 59.3 Å². The molecule has 0 aromatic carbocycles. The van der Waals surface area contributed by atoms with Crippen LogP contribution in [0.25, 0.3) is 0 Å². The first kappa shape index (κ1) is 28.3. The van der Waals surface area contributed by atoms with Crippen LogP contribution in [0.2, 0.25) is 0 Å². The summed E-state index contributed by atoms with van der Waals surface area (Å²) in [6.07, 6.45) is 18.2. The summed E-state index contributed by atoms with van der Waals surface area (Å²) in [6, 6.07) is 0.00551. The lowest BCUT2D eigenvalue weighted by Crippen LogP contribution is -2.55. The van der Waals surface area contributed by atoms with Crippen molar-refractivity contribution in [2.75, 3.05) is 32.7 Å². The third kappa shape index (κ3) is 12.4. The van der Waals surface area contributed by atoms with E-state index < -0.39 is 0 Å². The number of nitrogens with zero attached hydrogens (tertiary/aromatic N) is 2. The van der Waals surface area contributed by atoms with Gasteiger partial charge in [0, 0.05) is 32.7 Å². The molecule has 1 heterocycles. The summed E-state index contributed by atoms with van der Waals surface area (Å²) < 4.78 is 0. The summed E-state index contributed by atoms with van der Waals surface area (Å²) >= 11 is 0. The van der Waals surface area contributed by atoms with Crippen LogP contribution in [0.1, 0.15) is 80.1 Å². The van der Waals surface area contributed by atoms with Gasteiger partial charge in [0.2, 0.25) is 0 Å². The van der Waals surface area contributed by atoms with Crippen molar-refractivity contribution in [1.29, 1.82) is 0 Å². The van der Waals surface area contributed by atoms with Gasteiger partial charge in [-0.15, -0.1) is 6.58 Å². The van der Waals surface area contributed by atoms with Crippen LogP contribution in [0, 0.1) is 0 Å². The lowest BCUT2D eigenvalue weighted by molar-refractivity contribution is -0.124. The number of allylic oxidation sites excluding steroid dienone is 7. The molecule has 1 atom stereocenters. The Balaban J connectivity index is 2.34. The first-order valence-corrected chi connectivity index (χ1v) is 12.4. The number of ketones is 1. The highest BCUT2D eigenvalue weighted by Gasteiger charge is 2.28. The molecule has 1 fully saturated rings. The fraction of sp³-hybridized carbons (Fsp3) is 0.621. The van der Waals surface area contributed by atoms with Gasteiger partial charge in [0.1, 0.15) is 5.78 Å². The van der Waals surface area contributed by atoms with E-state index in [1.54, 1.807) is 6.92 Å². The Kier molecular flexibility index (Phi) is 14.2. The summed E-state index contributed by atoms with van der Waals surface area (Å²) in [6.45, 7) is 21.1. The predicted octanol–water partition coefficient (Wildman–Crippen LogP) is 6.89. The van der Waals surface area contributed by atoms with Crippen LogP contribution in [-0.2, 0) is 4.79 Å². The largest absolute Gasteiger partial charge is 0.298 e. The number of piperazine rings is 1. The van der Waals surface area contributed by atoms with Crippen molar-refractivity contribution in [1.82, 2.24) is 9.80 Å². The lowest BCUT2D eigenvalue weighted by Gasteiger charge is -2.39. The molecule has 1 aliphatic rings. The number of carbonyl (C=O) groups is 1. The van der Waals surface area contributed by atoms with Crippen LogP contribution >= 0.6 is 0 Å². The second kappa shape index (κ2) is 16.0. The fourth-order valence-corrected chi connectivity index (χ4v) is 4.08. The average Bonchev–Trinajstić information content (AvgIpc) is 2.72. The van der Waals surface area contributed by atoms with Gasteiger partial charge in [-0.05, 0) is 80.1 Å². The predicted molar refractivity (Wildman–Crippen MR) is 141 cm³/mol. The van der Waals surface area contributed by atoms with Crippen LogP contribution in [0.3, 0.4) is 0 Å². The van der Waals surface area contributed by atoms with Gasteiger partial charge in [-0.25, -0.2) is 0 Å². The van der Waals surface area contributed by atoms with Crippen LogP contribution < -0.4 is 0 Å². The van der Waals surface area contributed by atoms with E-state index in [-0.39, 0.29) is 11.8 Å². The molecular formula is C29H48N2O. The monoisotopic (exact) mass is 440 g/mol. The second-order valence-corrected chi connectivity index (χ2v) is 9.72. The Labute approximate surface area is 198 Å². The molecule has 3 heteroatoms. The zero-order valence-electron chi connectivity index (χ0n) is 21.8. The molecule has 0 aromatic rings. The van der Waals surface area contributed by atoms with Crippen molar-refractivity contribution in [2.24, 2.45) is 0 Å². The van der Waals surface area contributed by atoms with E-state index in [2.05, 4.69) is 75.3 Å². The molecule has 180 valence electrons. The number of carbonyl (C=O) groups excluding carboxylic acids is 1. The number of hydrogen-bond acceptors (Lipinski definition) is 3. The van der Waals surface area contributed by atoms with Gasteiger partial charge in [-0.2, -0.15) is 0 Å². The summed E-state index contributed by atoms with van der Waals surface area (Å²) in [5.74, 6) is 0.260. The van der Waals surface area contributed by atoms with Gasteiger partial charge in [0.15, 0.2) is 0 Å². The van der Waals surface area contributed by atoms with Crippen molar-refractivity contribution in [3.05, 3.63) is 59.3 Å². The molecule has 0 spiro atoms. The van der Waals surface area contributed by atoms with Gasteiger partial charge in [0.25, 0.3) is 0 Å². The van der Waals surface area contributed by atoms with E-state index in [4.69, 9.17) is 0 Å². The Hall–Kier alpha value is -1.71. The number of hydrogen-bond donors (Lipinski definition) is 0. The van der Waals surface area contributed by atoms with Crippen molar-refractivity contribution >= 4 is 5.78 Å². The van der Waals surface area contributed by atoms with Gasteiger partial charge in [0.05, 0.1) is 6.04 Å². The minimum absolute atomic E-state index is 0.00551. The van der Waals surface area contributed by atoms with Crippen LogP contribution in [0.4, 0.5) is 0 Å². The minimum Gasteiger partial charge on any atom is -0.298 e. The molecular weight excluding hydrogens is 392 g/mol. The summed E-state index contributed by atoms with van der Waals surface area (Å²) in [4.78, 5) is 16.7. The van der Waals surface area contributed by atoms with Gasteiger partial charge < -0.3 is 0 Å². The first-order valence-electron chi connectivity index (χ1n) is 12.4. The quantitative estimate of drug-likeness (QED) is 0.275. The standard InChI is InChI=1S/C29H48N2O/c1-8-19-31-22-21-30(23-29(31)28(7)32)20-18-27(6)17-11-16-26(5)15-10-14-25(4)13-9-12-24(2)3/h8,12,14,16,18,29H,1,9-11,13,15,17,19-23H2,2-7H3. The highest BCUT2D eigenvalue weighted by molar-refractivity contribution is 5.81. The number of rotatable bonds is 14. The summed E-state index contributed by atoms with van der Waals surface area (Å²) in [5.41, 5.74) is 5.85. The maximum absolute atomic E-state index is 12.0. The van der Waals surface area contributed by atoms with Crippen molar-refractivity contribution in [3.63, 3.8) is 0 Å². The van der Waals surface area contributed by atoms with E-state index >= 15 is 0 Å².